The Bertz CT molecular complexity index is 309. The molecule has 72 valence electrons. The Morgan fingerprint density at radius 1 is 1.08 bits per heavy atom. The van der Waals surface area contributed by atoms with E-state index in [1.165, 1.54) is 0 Å². The van der Waals surface area contributed by atoms with E-state index in [4.69, 9.17) is 11.5 Å². The summed E-state index contributed by atoms with van der Waals surface area (Å²) < 4.78 is 49.0. The minimum absolute atomic E-state index is 0.136. The van der Waals surface area contributed by atoms with Crippen molar-refractivity contribution in [1.29, 1.82) is 0 Å². The van der Waals surface area contributed by atoms with Crippen LogP contribution in [0.25, 0.3) is 0 Å². The van der Waals surface area contributed by atoms with Crippen molar-refractivity contribution in [3.63, 3.8) is 0 Å². The van der Waals surface area contributed by atoms with Gasteiger partial charge >= 0.3 is 6.18 Å². The molecular formula is C7H6F4N2. The maximum Gasteiger partial charge on any atom is 0.421 e. The molecule has 0 heterocycles. The maximum absolute atomic E-state index is 12.7. The number of benzene rings is 1. The van der Waals surface area contributed by atoms with Crippen molar-refractivity contribution in [2.24, 2.45) is 0 Å². The third-order valence-corrected chi connectivity index (χ3v) is 1.43. The van der Waals surface area contributed by atoms with Crippen LogP contribution in [0.2, 0.25) is 0 Å². The molecule has 0 aromatic heterocycles. The number of hydrogen-bond donors (Lipinski definition) is 2. The van der Waals surface area contributed by atoms with Gasteiger partial charge in [0, 0.05) is 11.4 Å². The quantitative estimate of drug-likeness (QED) is 0.490. The van der Waals surface area contributed by atoms with Crippen LogP contribution < -0.4 is 11.5 Å². The summed E-state index contributed by atoms with van der Waals surface area (Å²) in [6.07, 6.45) is -4.79. The van der Waals surface area contributed by atoms with Crippen LogP contribution in [0.5, 0.6) is 0 Å². The summed E-state index contributed by atoms with van der Waals surface area (Å²) in [4.78, 5) is 0. The zero-order valence-electron chi connectivity index (χ0n) is 6.32. The first-order valence-electron chi connectivity index (χ1n) is 3.24. The summed E-state index contributed by atoms with van der Waals surface area (Å²) in [5.41, 5.74) is 7.74. The summed E-state index contributed by atoms with van der Waals surface area (Å²) in [6, 6.07) is 1.45. The van der Waals surface area contributed by atoms with Gasteiger partial charge in [-0.3, -0.25) is 0 Å². The molecule has 0 radical (unpaired) electrons. The molecule has 0 aliphatic carbocycles. The summed E-state index contributed by atoms with van der Waals surface area (Å²) in [7, 11) is 0. The molecule has 2 nitrogen and oxygen atoms in total. The fourth-order valence-electron chi connectivity index (χ4n) is 0.949. The van der Waals surface area contributed by atoms with Crippen LogP contribution in [-0.4, -0.2) is 0 Å². The number of hydrogen-bond acceptors (Lipinski definition) is 2. The largest absolute Gasteiger partial charge is 0.421 e. The molecule has 1 aromatic carbocycles. The van der Waals surface area contributed by atoms with Gasteiger partial charge in [-0.25, -0.2) is 4.39 Å². The van der Waals surface area contributed by atoms with E-state index in [9.17, 15) is 17.6 Å². The molecule has 1 rings (SSSR count). The van der Waals surface area contributed by atoms with Crippen LogP contribution in [0.1, 0.15) is 5.56 Å². The van der Waals surface area contributed by atoms with E-state index < -0.39 is 23.2 Å². The Morgan fingerprint density at radius 2 is 1.62 bits per heavy atom. The molecule has 4 N–H and O–H groups in total. The second-order valence-corrected chi connectivity index (χ2v) is 2.46. The van der Waals surface area contributed by atoms with Gasteiger partial charge in [0.2, 0.25) is 0 Å². The Labute approximate surface area is 71.1 Å². The van der Waals surface area contributed by atoms with E-state index in [0.717, 1.165) is 6.07 Å². The minimum Gasteiger partial charge on any atom is -0.399 e. The molecule has 0 saturated heterocycles. The lowest BCUT2D eigenvalue weighted by Gasteiger charge is -2.11. The van der Waals surface area contributed by atoms with Crippen molar-refractivity contribution in [3.05, 3.63) is 23.5 Å². The van der Waals surface area contributed by atoms with E-state index in [1.807, 2.05) is 0 Å². The van der Waals surface area contributed by atoms with E-state index in [1.54, 1.807) is 0 Å². The second kappa shape index (κ2) is 2.79. The molecule has 0 saturated carbocycles. The molecule has 0 spiro atoms. The third kappa shape index (κ3) is 1.82. The Hall–Kier alpha value is -1.46. The predicted octanol–water partition coefficient (Wildman–Crippen LogP) is 2.01. The van der Waals surface area contributed by atoms with Crippen LogP contribution >= 0.6 is 0 Å². The number of nitrogens with two attached hydrogens (primary N) is 2. The first-order valence-corrected chi connectivity index (χ1v) is 3.24. The predicted molar refractivity (Wildman–Crippen MR) is 40.2 cm³/mol. The Kier molecular flexibility index (Phi) is 2.07. The molecule has 0 aliphatic heterocycles. The topological polar surface area (TPSA) is 52.0 Å². The highest BCUT2D eigenvalue weighted by Crippen LogP contribution is 2.36. The highest BCUT2D eigenvalue weighted by molar-refractivity contribution is 5.58. The van der Waals surface area contributed by atoms with Crippen molar-refractivity contribution in [2.45, 2.75) is 6.18 Å². The Morgan fingerprint density at radius 3 is 2.00 bits per heavy atom. The van der Waals surface area contributed by atoms with Gasteiger partial charge in [-0.2, -0.15) is 13.2 Å². The molecule has 0 bridgehead atoms. The summed E-state index contributed by atoms with van der Waals surface area (Å²) in [6.45, 7) is 0. The first-order chi connectivity index (χ1) is 5.82. The van der Waals surface area contributed by atoms with Gasteiger partial charge in [0.15, 0.2) is 0 Å². The highest BCUT2D eigenvalue weighted by Gasteiger charge is 2.36. The zero-order valence-corrected chi connectivity index (χ0v) is 6.32. The number of rotatable bonds is 0. The van der Waals surface area contributed by atoms with Crippen LogP contribution in [0.15, 0.2) is 12.1 Å². The fourth-order valence-corrected chi connectivity index (χ4v) is 0.949. The zero-order chi connectivity index (χ0) is 10.2. The number of alkyl halides is 3. The monoisotopic (exact) mass is 194 g/mol. The average Bonchev–Trinajstić information content (AvgIpc) is 1.78. The van der Waals surface area contributed by atoms with Gasteiger partial charge in [-0.05, 0) is 12.1 Å². The minimum atomic E-state index is -4.79. The van der Waals surface area contributed by atoms with Crippen molar-refractivity contribution >= 4 is 11.4 Å². The lowest BCUT2D eigenvalue weighted by molar-refractivity contribution is -0.139. The van der Waals surface area contributed by atoms with E-state index in [-0.39, 0.29) is 5.69 Å². The van der Waals surface area contributed by atoms with Crippen molar-refractivity contribution in [2.75, 3.05) is 11.5 Å². The van der Waals surface area contributed by atoms with E-state index in [0.29, 0.717) is 6.07 Å². The van der Waals surface area contributed by atoms with Crippen LogP contribution in [-0.2, 0) is 6.18 Å². The number of halogens is 4. The maximum atomic E-state index is 12.7. The van der Waals surface area contributed by atoms with Crippen LogP contribution in [0.4, 0.5) is 28.9 Å². The highest BCUT2D eigenvalue weighted by atomic mass is 19.4. The number of nitrogen functional groups attached to an aromatic ring is 2. The van der Waals surface area contributed by atoms with Gasteiger partial charge in [0.25, 0.3) is 0 Å². The van der Waals surface area contributed by atoms with Gasteiger partial charge in [0.1, 0.15) is 11.4 Å². The molecule has 13 heavy (non-hydrogen) atoms. The molecule has 0 unspecified atom stereocenters. The molecule has 6 heteroatoms. The SMILES string of the molecule is Nc1cc(N)c(C(F)(F)F)c(F)c1. The van der Waals surface area contributed by atoms with Crippen molar-refractivity contribution in [3.8, 4) is 0 Å². The molecule has 0 atom stereocenters. The smallest absolute Gasteiger partial charge is 0.399 e. The lowest BCUT2D eigenvalue weighted by Crippen LogP contribution is -2.12. The summed E-state index contributed by atoms with van der Waals surface area (Å²) in [5.74, 6) is -1.45. The lowest BCUT2D eigenvalue weighted by atomic mass is 10.1. The van der Waals surface area contributed by atoms with Gasteiger partial charge in [-0.15, -0.1) is 0 Å². The molecule has 0 fully saturated rings. The molecule has 0 aliphatic rings. The van der Waals surface area contributed by atoms with Crippen LogP contribution in [0.3, 0.4) is 0 Å². The van der Waals surface area contributed by atoms with E-state index >= 15 is 0 Å². The molecule has 1 aromatic rings. The van der Waals surface area contributed by atoms with Gasteiger partial charge in [0.05, 0.1) is 0 Å². The molecule has 0 amide bonds. The number of anilines is 2. The summed E-state index contributed by atoms with van der Waals surface area (Å²) in [5, 5.41) is 0. The van der Waals surface area contributed by atoms with E-state index in [2.05, 4.69) is 0 Å². The average molecular weight is 194 g/mol. The standard InChI is InChI=1S/C7H6F4N2/c8-4-1-3(12)2-5(13)6(4)7(9,10)11/h1-2H,12-13H2. The fraction of sp³-hybridized carbons (Fsp3) is 0.143. The van der Waals surface area contributed by atoms with Gasteiger partial charge < -0.3 is 11.5 Å². The van der Waals surface area contributed by atoms with Crippen molar-refractivity contribution < 1.29 is 17.6 Å². The van der Waals surface area contributed by atoms with Crippen molar-refractivity contribution in [1.82, 2.24) is 0 Å². The summed E-state index contributed by atoms with van der Waals surface area (Å²) >= 11 is 0. The van der Waals surface area contributed by atoms with Crippen LogP contribution in [0, 0.1) is 5.82 Å². The second-order valence-electron chi connectivity index (χ2n) is 2.46. The third-order valence-electron chi connectivity index (χ3n) is 1.43. The molecular weight excluding hydrogens is 188 g/mol. The van der Waals surface area contributed by atoms with Gasteiger partial charge in [-0.1, -0.05) is 0 Å². The first kappa shape index (κ1) is 9.63. The normalized spacial score (nSPS) is 11.7. The Balaban J connectivity index is 3.38.